The zero-order chi connectivity index (χ0) is 16.4. The Morgan fingerprint density at radius 3 is 2.87 bits per heavy atom. The molecule has 0 atom stereocenters. The van der Waals surface area contributed by atoms with E-state index in [0.29, 0.717) is 23.7 Å². The van der Waals surface area contributed by atoms with Gasteiger partial charge in [0, 0.05) is 0 Å². The van der Waals surface area contributed by atoms with Crippen LogP contribution >= 0.6 is 0 Å². The average molecular weight is 310 g/mol. The fourth-order valence-electron chi connectivity index (χ4n) is 3.15. The molecule has 1 aliphatic rings. The molecule has 6 nitrogen and oxygen atoms in total. The minimum Gasteiger partial charge on any atom is -0.336 e. The normalized spacial score (nSPS) is 16.2. The van der Waals surface area contributed by atoms with Gasteiger partial charge in [-0.1, -0.05) is 12.1 Å². The Morgan fingerprint density at radius 1 is 1.43 bits per heavy atom. The van der Waals surface area contributed by atoms with Crippen LogP contribution in [0.3, 0.4) is 0 Å². The minimum absolute atomic E-state index is 0.126. The molecule has 1 N–H and O–H groups in total. The molecule has 23 heavy (non-hydrogen) atoms. The van der Waals surface area contributed by atoms with Crippen molar-refractivity contribution in [2.75, 3.05) is 0 Å². The zero-order valence-corrected chi connectivity index (χ0v) is 13.0. The fraction of sp³-hybridized carbons (Fsp3) is 0.412. The van der Waals surface area contributed by atoms with Crippen LogP contribution in [0.25, 0.3) is 10.9 Å². The number of benzene rings is 1. The van der Waals surface area contributed by atoms with Crippen molar-refractivity contribution in [2.24, 2.45) is 0 Å². The van der Waals surface area contributed by atoms with Crippen LogP contribution in [-0.2, 0) is 11.3 Å². The smallest absolute Gasteiger partial charge is 0.261 e. The van der Waals surface area contributed by atoms with Gasteiger partial charge in [-0.2, -0.15) is 5.26 Å². The van der Waals surface area contributed by atoms with Gasteiger partial charge in [-0.3, -0.25) is 14.2 Å². The molecule has 1 aromatic carbocycles. The van der Waals surface area contributed by atoms with Crippen LogP contribution in [0.2, 0.25) is 0 Å². The number of amides is 1. The van der Waals surface area contributed by atoms with E-state index in [1.165, 1.54) is 10.9 Å². The summed E-state index contributed by atoms with van der Waals surface area (Å²) in [6.45, 7) is 1.77. The highest BCUT2D eigenvalue weighted by Gasteiger charge is 2.35. The Morgan fingerprint density at radius 2 is 2.17 bits per heavy atom. The van der Waals surface area contributed by atoms with Crippen LogP contribution in [0.4, 0.5) is 0 Å². The monoisotopic (exact) mass is 310 g/mol. The molecule has 0 unspecified atom stereocenters. The first-order valence-corrected chi connectivity index (χ1v) is 7.72. The second-order valence-electron chi connectivity index (χ2n) is 6.10. The van der Waals surface area contributed by atoms with E-state index >= 15 is 0 Å². The van der Waals surface area contributed by atoms with Gasteiger partial charge in [0.2, 0.25) is 5.91 Å². The van der Waals surface area contributed by atoms with Crippen molar-refractivity contribution >= 4 is 16.8 Å². The average Bonchev–Trinajstić information content (AvgIpc) is 3.00. The van der Waals surface area contributed by atoms with Crippen LogP contribution in [0.15, 0.2) is 29.3 Å². The molecule has 0 spiro atoms. The number of carbonyl (C=O) groups is 1. The predicted molar refractivity (Wildman–Crippen MR) is 85.7 cm³/mol. The molecule has 0 aliphatic heterocycles. The van der Waals surface area contributed by atoms with E-state index in [-0.39, 0.29) is 18.0 Å². The largest absolute Gasteiger partial charge is 0.336 e. The van der Waals surface area contributed by atoms with Crippen molar-refractivity contribution in [1.29, 1.82) is 5.26 Å². The maximum Gasteiger partial charge on any atom is 0.261 e. The second kappa shape index (κ2) is 5.84. The SMILES string of the molecule is Cc1cccc2c(=O)n(CC(=O)NC3(C#N)CCCC3)cnc12. The third kappa shape index (κ3) is 2.82. The summed E-state index contributed by atoms with van der Waals surface area (Å²) in [5.41, 5.74) is 0.553. The number of aromatic nitrogens is 2. The highest BCUT2D eigenvalue weighted by atomic mass is 16.2. The molecule has 3 rings (SSSR count). The highest BCUT2D eigenvalue weighted by Crippen LogP contribution is 2.28. The van der Waals surface area contributed by atoms with Crippen molar-refractivity contribution in [1.82, 2.24) is 14.9 Å². The lowest BCUT2D eigenvalue weighted by molar-refractivity contribution is -0.123. The molecule has 118 valence electrons. The van der Waals surface area contributed by atoms with E-state index in [2.05, 4.69) is 16.4 Å². The number of rotatable bonds is 3. The van der Waals surface area contributed by atoms with E-state index in [1.54, 1.807) is 12.1 Å². The second-order valence-corrected chi connectivity index (χ2v) is 6.10. The molecule has 1 aromatic heterocycles. The number of nitrogens with zero attached hydrogens (tertiary/aromatic N) is 3. The lowest BCUT2D eigenvalue weighted by Gasteiger charge is -2.22. The lowest BCUT2D eigenvalue weighted by atomic mass is 10.00. The van der Waals surface area contributed by atoms with E-state index < -0.39 is 5.54 Å². The number of aryl methyl sites for hydroxylation is 1. The summed E-state index contributed by atoms with van der Waals surface area (Å²) in [5, 5.41) is 12.6. The van der Waals surface area contributed by atoms with Gasteiger partial charge in [-0.05, 0) is 44.2 Å². The summed E-state index contributed by atoms with van der Waals surface area (Å²) < 4.78 is 1.29. The first-order valence-electron chi connectivity index (χ1n) is 7.72. The Labute approximate surface area is 133 Å². The zero-order valence-electron chi connectivity index (χ0n) is 13.0. The van der Waals surface area contributed by atoms with Crippen molar-refractivity contribution in [2.45, 2.75) is 44.7 Å². The molecule has 6 heteroatoms. The van der Waals surface area contributed by atoms with Crippen LogP contribution in [0.5, 0.6) is 0 Å². The number of nitriles is 1. The van der Waals surface area contributed by atoms with Gasteiger partial charge in [0.1, 0.15) is 12.1 Å². The molecule has 2 aromatic rings. The molecule has 1 amide bonds. The Hall–Kier alpha value is -2.68. The number of hydrogen-bond acceptors (Lipinski definition) is 4. The standard InChI is InChI=1S/C17H18N4O2/c1-12-5-4-6-13-15(12)19-11-21(16(13)23)9-14(22)20-17(10-18)7-2-3-8-17/h4-6,11H,2-3,7-9H2,1H3,(H,20,22). The van der Waals surface area contributed by atoms with Gasteiger partial charge in [0.15, 0.2) is 0 Å². The van der Waals surface area contributed by atoms with Crippen LogP contribution in [0, 0.1) is 18.3 Å². The molecule has 0 bridgehead atoms. The summed E-state index contributed by atoms with van der Waals surface area (Å²) in [5.74, 6) is -0.329. The number of para-hydroxylation sites is 1. The Balaban J connectivity index is 1.85. The molecule has 1 saturated carbocycles. The van der Waals surface area contributed by atoms with Crippen LogP contribution in [-0.4, -0.2) is 21.0 Å². The molecule has 0 radical (unpaired) electrons. The molecular weight excluding hydrogens is 292 g/mol. The number of carbonyl (C=O) groups excluding carboxylic acids is 1. The summed E-state index contributed by atoms with van der Waals surface area (Å²) in [6, 6.07) is 7.61. The Kier molecular flexibility index (Phi) is 3.87. The van der Waals surface area contributed by atoms with Crippen molar-refractivity contribution in [3.05, 3.63) is 40.4 Å². The van der Waals surface area contributed by atoms with Gasteiger partial charge >= 0.3 is 0 Å². The molecular formula is C17H18N4O2. The summed E-state index contributed by atoms with van der Waals surface area (Å²) in [6.07, 6.45) is 4.60. The van der Waals surface area contributed by atoms with Gasteiger partial charge in [0.25, 0.3) is 5.56 Å². The summed E-state index contributed by atoms with van der Waals surface area (Å²) in [7, 11) is 0. The molecule has 0 saturated heterocycles. The molecule has 1 aliphatic carbocycles. The van der Waals surface area contributed by atoms with E-state index in [1.807, 2.05) is 13.0 Å². The first kappa shape index (κ1) is 15.2. The fourth-order valence-corrected chi connectivity index (χ4v) is 3.15. The van der Waals surface area contributed by atoms with Gasteiger partial charge in [-0.15, -0.1) is 0 Å². The minimum atomic E-state index is -0.776. The van der Waals surface area contributed by atoms with Gasteiger partial charge < -0.3 is 5.32 Å². The van der Waals surface area contributed by atoms with Crippen molar-refractivity contribution in [3.63, 3.8) is 0 Å². The predicted octanol–water partition coefficient (Wildman–Crippen LogP) is 1.66. The van der Waals surface area contributed by atoms with Crippen LogP contribution < -0.4 is 10.9 Å². The van der Waals surface area contributed by atoms with Crippen molar-refractivity contribution in [3.8, 4) is 6.07 Å². The lowest BCUT2D eigenvalue weighted by Crippen LogP contribution is -2.47. The Bertz CT molecular complexity index is 857. The van der Waals surface area contributed by atoms with Crippen molar-refractivity contribution < 1.29 is 4.79 Å². The molecule has 1 fully saturated rings. The van der Waals surface area contributed by atoms with Gasteiger partial charge in [0.05, 0.1) is 23.3 Å². The maximum absolute atomic E-state index is 12.5. The molecule has 1 heterocycles. The van der Waals surface area contributed by atoms with Crippen LogP contribution in [0.1, 0.15) is 31.2 Å². The third-order valence-electron chi connectivity index (χ3n) is 4.42. The third-order valence-corrected chi connectivity index (χ3v) is 4.42. The van der Waals surface area contributed by atoms with E-state index in [9.17, 15) is 14.9 Å². The number of nitrogens with one attached hydrogen (secondary N) is 1. The van der Waals surface area contributed by atoms with Gasteiger partial charge in [-0.25, -0.2) is 4.98 Å². The quantitative estimate of drug-likeness (QED) is 0.934. The number of fused-ring (bicyclic) bond motifs is 1. The highest BCUT2D eigenvalue weighted by molar-refractivity contribution is 5.81. The summed E-state index contributed by atoms with van der Waals surface area (Å²) in [4.78, 5) is 29.0. The summed E-state index contributed by atoms with van der Waals surface area (Å²) >= 11 is 0. The van der Waals surface area contributed by atoms with E-state index in [0.717, 1.165) is 18.4 Å². The first-order chi connectivity index (χ1) is 11.0. The number of hydrogen-bond donors (Lipinski definition) is 1. The maximum atomic E-state index is 12.5. The topological polar surface area (TPSA) is 87.8 Å². The van der Waals surface area contributed by atoms with E-state index in [4.69, 9.17) is 0 Å².